The first-order valence-corrected chi connectivity index (χ1v) is 5.33. The van der Waals surface area contributed by atoms with Gasteiger partial charge in [-0.05, 0) is 31.6 Å². The van der Waals surface area contributed by atoms with Crippen LogP contribution in [0.5, 0.6) is 0 Å². The van der Waals surface area contributed by atoms with Gasteiger partial charge >= 0.3 is 0 Å². The summed E-state index contributed by atoms with van der Waals surface area (Å²) in [7, 11) is 0. The normalized spacial score (nSPS) is 39.4. The Balaban J connectivity index is 1.97. The molecule has 2 saturated carbocycles. The summed E-state index contributed by atoms with van der Waals surface area (Å²) in [5.74, 6) is 1.39. The second-order valence-corrected chi connectivity index (χ2v) is 4.48. The van der Waals surface area contributed by atoms with E-state index in [0.29, 0.717) is 5.78 Å². The third kappa shape index (κ3) is 1.10. The molecule has 0 N–H and O–H groups in total. The Labute approximate surface area is 74.5 Å². The molecule has 0 aromatic heterocycles. The van der Waals surface area contributed by atoms with Crippen LogP contribution in [0.2, 0.25) is 0 Å². The minimum absolute atomic E-state index is 0.217. The highest BCUT2D eigenvalue weighted by Gasteiger charge is 2.59. The molecule has 0 amide bonds. The molecular weight excluding hydrogens is 148 g/mol. The third-order valence-electron chi connectivity index (χ3n) is 3.72. The smallest absolute Gasteiger partial charge is 0.139 e. The van der Waals surface area contributed by atoms with Gasteiger partial charge in [-0.25, -0.2) is 0 Å². The molecule has 1 nitrogen and oxygen atoms in total. The van der Waals surface area contributed by atoms with Crippen molar-refractivity contribution < 1.29 is 4.79 Å². The zero-order chi connectivity index (χ0) is 8.60. The first-order valence-electron chi connectivity index (χ1n) is 5.33. The number of rotatable bonds is 3. The van der Waals surface area contributed by atoms with Crippen LogP contribution in [0.3, 0.4) is 0 Å². The first-order chi connectivity index (χ1) is 5.79. The van der Waals surface area contributed by atoms with E-state index in [4.69, 9.17) is 0 Å². The van der Waals surface area contributed by atoms with Gasteiger partial charge in [-0.15, -0.1) is 0 Å². The molecule has 0 aliphatic heterocycles. The maximum absolute atomic E-state index is 11.7. The van der Waals surface area contributed by atoms with E-state index in [1.165, 1.54) is 32.1 Å². The van der Waals surface area contributed by atoms with Gasteiger partial charge in [0.15, 0.2) is 0 Å². The van der Waals surface area contributed by atoms with Gasteiger partial charge in [-0.3, -0.25) is 4.79 Å². The summed E-state index contributed by atoms with van der Waals surface area (Å²) >= 11 is 0. The maximum Gasteiger partial charge on any atom is 0.139 e. The minimum Gasteiger partial charge on any atom is -0.299 e. The van der Waals surface area contributed by atoms with Crippen molar-refractivity contribution >= 4 is 5.78 Å². The standard InChI is InChI=1S/C11H18O/c1-2-3-7-11-8-9(11)5-4-6-10(11)12/h9H,2-8H2,1H3/t9-,11+/m0/s1. The molecule has 0 heterocycles. The summed E-state index contributed by atoms with van der Waals surface area (Å²) in [6, 6.07) is 0. The van der Waals surface area contributed by atoms with Gasteiger partial charge in [0.25, 0.3) is 0 Å². The van der Waals surface area contributed by atoms with E-state index in [0.717, 1.165) is 18.8 Å². The van der Waals surface area contributed by atoms with Crippen LogP contribution in [0.4, 0.5) is 0 Å². The number of hydrogen-bond donors (Lipinski definition) is 0. The van der Waals surface area contributed by atoms with Crippen LogP contribution in [0.15, 0.2) is 0 Å². The molecule has 68 valence electrons. The lowest BCUT2D eigenvalue weighted by Crippen LogP contribution is -2.21. The van der Waals surface area contributed by atoms with Crippen LogP contribution in [0.1, 0.15) is 51.9 Å². The number of ketones is 1. The molecule has 2 aliphatic carbocycles. The Hall–Kier alpha value is -0.330. The lowest BCUT2D eigenvalue weighted by atomic mass is 9.83. The zero-order valence-corrected chi connectivity index (χ0v) is 7.94. The van der Waals surface area contributed by atoms with Crippen LogP contribution >= 0.6 is 0 Å². The van der Waals surface area contributed by atoms with Crippen molar-refractivity contribution in [1.82, 2.24) is 0 Å². The Kier molecular flexibility index (Phi) is 1.97. The first kappa shape index (κ1) is 8.28. The Morgan fingerprint density at radius 2 is 2.42 bits per heavy atom. The fraction of sp³-hybridized carbons (Fsp3) is 0.909. The van der Waals surface area contributed by atoms with Gasteiger partial charge < -0.3 is 0 Å². The van der Waals surface area contributed by atoms with Gasteiger partial charge in [0, 0.05) is 11.8 Å². The number of unbranched alkanes of at least 4 members (excludes halogenated alkanes) is 1. The lowest BCUT2D eigenvalue weighted by molar-refractivity contribution is -0.126. The van der Waals surface area contributed by atoms with Crippen molar-refractivity contribution in [3.63, 3.8) is 0 Å². The fourth-order valence-electron chi connectivity index (χ4n) is 2.80. The molecule has 0 unspecified atom stereocenters. The van der Waals surface area contributed by atoms with Crippen molar-refractivity contribution in [2.75, 3.05) is 0 Å². The Morgan fingerprint density at radius 1 is 1.58 bits per heavy atom. The van der Waals surface area contributed by atoms with Gasteiger partial charge in [0.05, 0.1) is 0 Å². The average molecular weight is 166 g/mol. The molecule has 0 bridgehead atoms. The van der Waals surface area contributed by atoms with Crippen LogP contribution in [0, 0.1) is 11.3 Å². The number of hydrogen-bond acceptors (Lipinski definition) is 1. The molecule has 0 spiro atoms. The maximum atomic E-state index is 11.7. The molecule has 0 saturated heterocycles. The highest BCUT2D eigenvalue weighted by molar-refractivity contribution is 5.88. The number of fused-ring (bicyclic) bond motifs is 1. The van der Waals surface area contributed by atoms with Crippen LogP contribution < -0.4 is 0 Å². The Morgan fingerprint density at radius 3 is 3.08 bits per heavy atom. The molecule has 0 aromatic rings. The van der Waals surface area contributed by atoms with E-state index in [-0.39, 0.29) is 5.41 Å². The van der Waals surface area contributed by atoms with E-state index in [2.05, 4.69) is 6.92 Å². The largest absolute Gasteiger partial charge is 0.299 e. The molecule has 2 aliphatic rings. The SMILES string of the molecule is CCCC[C@@]12C[C@@H]1CCCC2=O. The van der Waals surface area contributed by atoms with Crippen LogP contribution in [-0.4, -0.2) is 5.78 Å². The van der Waals surface area contributed by atoms with Crippen molar-refractivity contribution in [2.24, 2.45) is 11.3 Å². The Bertz CT molecular complexity index is 197. The molecule has 0 radical (unpaired) electrons. The summed E-state index contributed by atoms with van der Waals surface area (Å²) in [5.41, 5.74) is 0.217. The molecule has 2 rings (SSSR count). The summed E-state index contributed by atoms with van der Waals surface area (Å²) in [6.07, 6.45) is 8.27. The van der Waals surface area contributed by atoms with E-state index < -0.39 is 0 Å². The van der Waals surface area contributed by atoms with Gasteiger partial charge in [-0.1, -0.05) is 19.8 Å². The lowest BCUT2D eigenvalue weighted by Gasteiger charge is -2.19. The number of carbonyl (C=O) groups is 1. The van der Waals surface area contributed by atoms with Crippen molar-refractivity contribution in [1.29, 1.82) is 0 Å². The predicted molar refractivity (Wildman–Crippen MR) is 48.9 cm³/mol. The monoisotopic (exact) mass is 166 g/mol. The minimum atomic E-state index is 0.217. The molecule has 2 fully saturated rings. The highest BCUT2D eigenvalue weighted by Crippen LogP contribution is 2.62. The molecule has 12 heavy (non-hydrogen) atoms. The summed E-state index contributed by atoms with van der Waals surface area (Å²) in [4.78, 5) is 11.7. The van der Waals surface area contributed by atoms with Gasteiger partial charge in [0.1, 0.15) is 5.78 Å². The van der Waals surface area contributed by atoms with Crippen molar-refractivity contribution in [3.8, 4) is 0 Å². The highest BCUT2D eigenvalue weighted by atomic mass is 16.1. The van der Waals surface area contributed by atoms with Gasteiger partial charge in [0.2, 0.25) is 0 Å². The van der Waals surface area contributed by atoms with E-state index in [9.17, 15) is 4.79 Å². The second kappa shape index (κ2) is 2.86. The number of carbonyl (C=O) groups excluding carboxylic acids is 1. The van der Waals surface area contributed by atoms with Crippen molar-refractivity contribution in [3.05, 3.63) is 0 Å². The molecule has 2 atom stereocenters. The van der Waals surface area contributed by atoms with E-state index >= 15 is 0 Å². The third-order valence-corrected chi connectivity index (χ3v) is 3.72. The fourth-order valence-corrected chi connectivity index (χ4v) is 2.80. The topological polar surface area (TPSA) is 17.1 Å². The van der Waals surface area contributed by atoms with Crippen LogP contribution in [0.25, 0.3) is 0 Å². The zero-order valence-electron chi connectivity index (χ0n) is 7.94. The molecule has 1 heteroatoms. The van der Waals surface area contributed by atoms with Gasteiger partial charge in [-0.2, -0.15) is 0 Å². The van der Waals surface area contributed by atoms with Crippen LogP contribution in [-0.2, 0) is 4.79 Å². The summed E-state index contributed by atoms with van der Waals surface area (Å²) in [6.45, 7) is 2.21. The van der Waals surface area contributed by atoms with E-state index in [1.54, 1.807) is 0 Å². The van der Waals surface area contributed by atoms with E-state index in [1.807, 2.05) is 0 Å². The quantitative estimate of drug-likeness (QED) is 0.630. The average Bonchev–Trinajstić information content (AvgIpc) is 2.78. The summed E-state index contributed by atoms with van der Waals surface area (Å²) in [5, 5.41) is 0. The molecule has 0 aromatic carbocycles. The predicted octanol–water partition coefficient (Wildman–Crippen LogP) is 2.94. The summed E-state index contributed by atoms with van der Waals surface area (Å²) < 4.78 is 0. The second-order valence-electron chi connectivity index (χ2n) is 4.48. The number of Topliss-reactive ketones (excluding diaryl/α,β-unsaturated/α-hetero) is 1. The molecular formula is C11H18O. The van der Waals surface area contributed by atoms with Crippen molar-refractivity contribution in [2.45, 2.75) is 51.9 Å².